The monoisotopic (exact) mass is 225 g/mol. The molecule has 0 bridgehead atoms. The fourth-order valence-corrected chi connectivity index (χ4v) is 1.28. The van der Waals surface area contributed by atoms with Gasteiger partial charge in [-0.05, 0) is 27.2 Å². The summed E-state index contributed by atoms with van der Waals surface area (Å²) in [7, 11) is 0. The molecule has 0 spiro atoms. The maximum Gasteiger partial charge on any atom is 0.157 e. The lowest BCUT2D eigenvalue weighted by Gasteiger charge is -2.24. The summed E-state index contributed by atoms with van der Waals surface area (Å²) in [6, 6.07) is 0. The smallest absolute Gasteiger partial charge is 0.157 e. The van der Waals surface area contributed by atoms with Gasteiger partial charge in [0.2, 0.25) is 0 Å². The second kappa shape index (κ2) is 5.89. The van der Waals surface area contributed by atoms with E-state index in [2.05, 4.69) is 38.1 Å². The van der Waals surface area contributed by atoms with Crippen molar-refractivity contribution in [3.63, 3.8) is 0 Å². The molecule has 0 aliphatic heterocycles. The van der Waals surface area contributed by atoms with Crippen molar-refractivity contribution in [3.05, 3.63) is 12.4 Å². The molecule has 0 fully saturated rings. The predicted octanol–water partition coefficient (Wildman–Crippen LogP) is 2.06. The number of hydrogen-bond donors (Lipinski definition) is 1. The largest absolute Gasteiger partial charge is 0.489 e. The van der Waals surface area contributed by atoms with E-state index in [-0.39, 0.29) is 5.54 Å². The average molecular weight is 225 g/mol. The SMILES string of the molecule is CCn1cc(OCCNC(C)(C)CC)cn1. The first kappa shape index (κ1) is 13.0. The molecule has 0 saturated heterocycles. The van der Waals surface area contributed by atoms with E-state index >= 15 is 0 Å². The van der Waals surface area contributed by atoms with Crippen LogP contribution >= 0.6 is 0 Å². The van der Waals surface area contributed by atoms with Gasteiger partial charge >= 0.3 is 0 Å². The minimum absolute atomic E-state index is 0.191. The van der Waals surface area contributed by atoms with E-state index in [0.29, 0.717) is 6.61 Å². The molecule has 0 saturated carbocycles. The van der Waals surface area contributed by atoms with Crippen molar-refractivity contribution < 1.29 is 4.74 Å². The molecule has 0 aromatic carbocycles. The summed E-state index contributed by atoms with van der Waals surface area (Å²) < 4.78 is 7.44. The zero-order valence-corrected chi connectivity index (χ0v) is 10.8. The summed E-state index contributed by atoms with van der Waals surface area (Å²) in [6.45, 7) is 11.0. The fourth-order valence-electron chi connectivity index (χ4n) is 1.28. The van der Waals surface area contributed by atoms with Gasteiger partial charge in [-0.15, -0.1) is 0 Å². The van der Waals surface area contributed by atoms with Crippen molar-refractivity contribution in [2.75, 3.05) is 13.2 Å². The molecule has 1 aromatic rings. The third-order valence-corrected chi connectivity index (χ3v) is 2.79. The van der Waals surface area contributed by atoms with Crippen LogP contribution in [0.1, 0.15) is 34.1 Å². The number of rotatable bonds is 7. The van der Waals surface area contributed by atoms with Gasteiger partial charge in [-0.1, -0.05) is 6.92 Å². The fraction of sp³-hybridized carbons (Fsp3) is 0.750. The first-order valence-electron chi connectivity index (χ1n) is 5.97. The highest BCUT2D eigenvalue weighted by Crippen LogP contribution is 2.08. The van der Waals surface area contributed by atoms with Crippen molar-refractivity contribution in [1.29, 1.82) is 0 Å². The Morgan fingerprint density at radius 1 is 1.44 bits per heavy atom. The van der Waals surface area contributed by atoms with Gasteiger partial charge in [0, 0.05) is 18.6 Å². The number of ether oxygens (including phenoxy) is 1. The number of aryl methyl sites for hydroxylation is 1. The summed E-state index contributed by atoms with van der Waals surface area (Å²) >= 11 is 0. The second-order valence-electron chi connectivity index (χ2n) is 4.54. The molecular weight excluding hydrogens is 202 g/mol. The van der Waals surface area contributed by atoms with Gasteiger partial charge in [0.25, 0.3) is 0 Å². The minimum atomic E-state index is 0.191. The molecular formula is C12H23N3O. The van der Waals surface area contributed by atoms with E-state index in [1.54, 1.807) is 6.20 Å². The van der Waals surface area contributed by atoms with Crippen LogP contribution in [0.15, 0.2) is 12.4 Å². The van der Waals surface area contributed by atoms with Gasteiger partial charge in [-0.3, -0.25) is 4.68 Å². The van der Waals surface area contributed by atoms with E-state index in [0.717, 1.165) is 25.3 Å². The second-order valence-corrected chi connectivity index (χ2v) is 4.54. The number of aromatic nitrogens is 2. The van der Waals surface area contributed by atoms with Crippen molar-refractivity contribution in [3.8, 4) is 5.75 Å². The zero-order chi connectivity index (χ0) is 12.0. The van der Waals surface area contributed by atoms with E-state index in [1.807, 2.05) is 10.9 Å². The van der Waals surface area contributed by atoms with Crippen LogP contribution in [0.25, 0.3) is 0 Å². The predicted molar refractivity (Wildman–Crippen MR) is 65.8 cm³/mol. The van der Waals surface area contributed by atoms with Crippen molar-refractivity contribution in [2.45, 2.75) is 46.2 Å². The van der Waals surface area contributed by atoms with Crippen molar-refractivity contribution in [1.82, 2.24) is 15.1 Å². The molecule has 0 unspecified atom stereocenters. The molecule has 4 heteroatoms. The average Bonchev–Trinajstić information content (AvgIpc) is 2.72. The van der Waals surface area contributed by atoms with Crippen LogP contribution in [0, 0.1) is 0 Å². The molecule has 1 heterocycles. The Kier molecular flexibility index (Phi) is 4.80. The highest BCUT2D eigenvalue weighted by Gasteiger charge is 2.12. The van der Waals surface area contributed by atoms with Crippen molar-refractivity contribution in [2.24, 2.45) is 0 Å². The maximum atomic E-state index is 5.58. The lowest BCUT2D eigenvalue weighted by atomic mass is 10.0. The Balaban J connectivity index is 2.20. The summed E-state index contributed by atoms with van der Waals surface area (Å²) in [5.41, 5.74) is 0.191. The van der Waals surface area contributed by atoms with Crippen LogP contribution in [0.3, 0.4) is 0 Å². The van der Waals surface area contributed by atoms with Gasteiger partial charge in [0.05, 0.1) is 12.4 Å². The van der Waals surface area contributed by atoms with Crippen LogP contribution in [0.4, 0.5) is 0 Å². The highest BCUT2D eigenvalue weighted by molar-refractivity contribution is 5.11. The van der Waals surface area contributed by atoms with E-state index in [4.69, 9.17) is 4.74 Å². The summed E-state index contributed by atoms with van der Waals surface area (Å²) in [5.74, 6) is 0.845. The molecule has 1 rings (SSSR count). The van der Waals surface area contributed by atoms with Crippen LogP contribution in [-0.4, -0.2) is 28.5 Å². The Morgan fingerprint density at radius 2 is 2.19 bits per heavy atom. The highest BCUT2D eigenvalue weighted by atomic mass is 16.5. The van der Waals surface area contributed by atoms with Crippen LogP contribution in [-0.2, 0) is 6.54 Å². The molecule has 92 valence electrons. The Labute approximate surface area is 98.0 Å². The van der Waals surface area contributed by atoms with Gasteiger partial charge < -0.3 is 10.1 Å². The third kappa shape index (κ3) is 4.23. The molecule has 0 atom stereocenters. The lowest BCUT2D eigenvalue weighted by Crippen LogP contribution is -2.40. The third-order valence-electron chi connectivity index (χ3n) is 2.79. The Morgan fingerprint density at radius 3 is 2.75 bits per heavy atom. The molecule has 4 nitrogen and oxygen atoms in total. The van der Waals surface area contributed by atoms with E-state index in [9.17, 15) is 0 Å². The first-order chi connectivity index (χ1) is 7.57. The van der Waals surface area contributed by atoms with E-state index < -0.39 is 0 Å². The lowest BCUT2D eigenvalue weighted by molar-refractivity contribution is 0.280. The standard InChI is InChI=1S/C12H23N3O/c1-5-12(3,4)13-7-8-16-11-9-14-15(6-2)10-11/h9-10,13H,5-8H2,1-4H3. The molecule has 1 aromatic heterocycles. The van der Waals surface area contributed by atoms with Gasteiger partial charge in [-0.2, -0.15) is 5.10 Å². The summed E-state index contributed by atoms with van der Waals surface area (Å²) in [6.07, 6.45) is 4.79. The van der Waals surface area contributed by atoms with Crippen molar-refractivity contribution >= 4 is 0 Å². The molecule has 0 aliphatic rings. The summed E-state index contributed by atoms with van der Waals surface area (Å²) in [4.78, 5) is 0. The molecule has 0 amide bonds. The van der Waals surface area contributed by atoms with Crippen LogP contribution in [0.5, 0.6) is 5.75 Å². The Bertz CT molecular complexity index is 307. The van der Waals surface area contributed by atoms with Gasteiger partial charge in [0.1, 0.15) is 6.61 Å². The zero-order valence-electron chi connectivity index (χ0n) is 10.8. The number of nitrogens with one attached hydrogen (secondary N) is 1. The molecule has 1 N–H and O–H groups in total. The number of hydrogen-bond acceptors (Lipinski definition) is 3. The van der Waals surface area contributed by atoms with E-state index in [1.165, 1.54) is 0 Å². The first-order valence-corrected chi connectivity index (χ1v) is 5.97. The van der Waals surface area contributed by atoms with Gasteiger partial charge in [-0.25, -0.2) is 0 Å². The normalized spacial score (nSPS) is 11.8. The molecule has 0 aliphatic carbocycles. The van der Waals surface area contributed by atoms with Crippen LogP contribution in [0.2, 0.25) is 0 Å². The summed E-state index contributed by atoms with van der Waals surface area (Å²) in [5, 5.41) is 7.60. The minimum Gasteiger partial charge on any atom is -0.489 e. The topological polar surface area (TPSA) is 39.1 Å². The quantitative estimate of drug-likeness (QED) is 0.722. The molecule has 16 heavy (non-hydrogen) atoms. The number of nitrogens with zero attached hydrogens (tertiary/aromatic N) is 2. The van der Waals surface area contributed by atoms with Crippen LogP contribution < -0.4 is 10.1 Å². The maximum absolute atomic E-state index is 5.58. The Hall–Kier alpha value is -1.03. The van der Waals surface area contributed by atoms with Gasteiger partial charge in [0.15, 0.2) is 5.75 Å². The molecule has 0 radical (unpaired) electrons.